The summed E-state index contributed by atoms with van der Waals surface area (Å²) in [7, 11) is 0. The summed E-state index contributed by atoms with van der Waals surface area (Å²) in [4.78, 5) is 13.2. The smallest absolute Gasteiger partial charge is 0.180 e. The summed E-state index contributed by atoms with van der Waals surface area (Å²) in [6.45, 7) is 7.86. The minimum Gasteiger partial charge on any atom is -0.367 e. The van der Waals surface area contributed by atoms with Crippen LogP contribution in [0, 0.1) is 6.92 Å². The van der Waals surface area contributed by atoms with E-state index in [9.17, 15) is 0 Å². The van der Waals surface area contributed by atoms with Crippen LogP contribution in [0.3, 0.4) is 0 Å². The zero-order chi connectivity index (χ0) is 18.2. The van der Waals surface area contributed by atoms with E-state index in [-0.39, 0.29) is 6.04 Å². The molecule has 130 valence electrons. The average Bonchev–Trinajstić information content (AvgIpc) is 2.63. The first-order valence-electron chi connectivity index (χ1n) is 7.97. The van der Waals surface area contributed by atoms with Crippen molar-refractivity contribution < 1.29 is 0 Å². The first-order chi connectivity index (χ1) is 12.1. The van der Waals surface area contributed by atoms with E-state index in [1.807, 2.05) is 44.2 Å². The van der Waals surface area contributed by atoms with Crippen LogP contribution in [0.1, 0.15) is 30.0 Å². The summed E-state index contributed by atoms with van der Waals surface area (Å²) >= 11 is 6.35. The van der Waals surface area contributed by atoms with Gasteiger partial charge in [0.1, 0.15) is 16.5 Å². The number of nitrogens with zero attached hydrogens (tertiary/aromatic N) is 3. The van der Waals surface area contributed by atoms with Gasteiger partial charge in [-0.3, -0.25) is 4.99 Å². The molecule has 1 heterocycles. The van der Waals surface area contributed by atoms with Crippen molar-refractivity contribution in [2.75, 3.05) is 11.9 Å². The Kier molecular flexibility index (Phi) is 6.86. The Morgan fingerprint density at radius 2 is 2.08 bits per heavy atom. The molecule has 0 fully saturated rings. The molecule has 0 bridgehead atoms. The summed E-state index contributed by atoms with van der Waals surface area (Å²) in [5.41, 5.74) is 8.56. The van der Waals surface area contributed by atoms with E-state index < -0.39 is 0 Å². The van der Waals surface area contributed by atoms with Crippen molar-refractivity contribution in [3.8, 4) is 0 Å². The second-order valence-corrected chi connectivity index (χ2v) is 5.75. The van der Waals surface area contributed by atoms with E-state index in [2.05, 4.69) is 26.9 Å². The van der Waals surface area contributed by atoms with Crippen molar-refractivity contribution in [1.82, 2.24) is 9.97 Å². The lowest BCUT2D eigenvalue weighted by Gasteiger charge is -2.15. The Balaban J connectivity index is 2.25. The highest BCUT2D eigenvalue weighted by Gasteiger charge is 2.13. The van der Waals surface area contributed by atoms with Crippen LogP contribution in [0.4, 0.5) is 5.82 Å². The number of aryl methyl sites for hydroxylation is 1. The summed E-state index contributed by atoms with van der Waals surface area (Å²) in [5, 5.41) is 3.69. The fraction of sp³-hybridized carbons (Fsp3) is 0.211. The van der Waals surface area contributed by atoms with Crippen LogP contribution >= 0.6 is 11.6 Å². The number of aliphatic imine (C=N–C) groups is 1. The lowest BCUT2D eigenvalue weighted by molar-refractivity contribution is 0.761. The van der Waals surface area contributed by atoms with Gasteiger partial charge in [0, 0.05) is 18.8 Å². The van der Waals surface area contributed by atoms with E-state index in [0.717, 1.165) is 5.56 Å². The van der Waals surface area contributed by atoms with Gasteiger partial charge in [0.15, 0.2) is 5.82 Å². The largest absolute Gasteiger partial charge is 0.367 e. The molecule has 0 radical (unpaired) electrons. The molecule has 1 atom stereocenters. The maximum Gasteiger partial charge on any atom is 0.180 e. The van der Waals surface area contributed by atoms with Crippen LogP contribution in [0.15, 0.2) is 54.1 Å². The predicted molar refractivity (Wildman–Crippen MR) is 106 cm³/mol. The molecule has 0 aliphatic carbocycles. The first kappa shape index (κ1) is 18.8. The fourth-order valence-corrected chi connectivity index (χ4v) is 2.39. The standard InChI is InChI=1S/C19H22ClN5/c1-4-9-16(22-5-2)18-24-13(3)17(20)19(25-18)23-12-15(21)14-10-7-6-8-11-14/h4-11,15H,1,12,21H2,2-3H3,(H,23,24,25)/b16-9-,22-5?. The molecule has 0 saturated carbocycles. The second-order valence-electron chi connectivity index (χ2n) is 5.37. The topological polar surface area (TPSA) is 76.2 Å². The molecule has 1 aromatic carbocycles. The highest BCUT2D eigenvalue weighted by atomic mass is 35.5. The zero-order valence-electron chi connectivity index (χ0n) is 14.4. The van der Waals surface area contributed by atoms with Gasteiger partial charge in [-0.15, -0.1) is 0 Å². The molecule has 1 unspecified atom stereocenters. The van der Waals surface area contributed by atoms with Crippen molar-refractivity contribution in [3.05, 3.63) is 71.2 Å². The first-order valence-corrected chi connectivity index (χ1v) is 8.35. The molecule has 2 rings (SSSR count). The van der Waals surface area contributed by atoms with Crippen molar-refractivity contribution >= 4 is 29.3 Å². The van der Waals surface area contributed by atoms with Crippen LogP contribution in [-0.4, -0.2) is 22.7 Å². The molecular weight excluding hydrogens is 334 g/mol. The molecule has 0 aliphatic rings. The molecule has 0 amide bonds. The molecule has 0 saturated heterocycles. The number of aromatic nitrogens is 2. The maximum atomic E-state index is 6.35. The van der Waals surface area contributed by atoms with Crippen molar-refractivity contribution in [2.45, 2.75) is 19.9 Å². The number of benzene rings is 1. The molecule has 6 heteroatoms. The Bertz CT molecular complexity index is 784. The van der Waals surface area contributed by atoms with Gasteiger partial charge in [-0.05, 0) is 25.5 Å². The molecule has 25 heavy (non-hydrogen) atoms. The number of hydrogen-bond donors (Lipinski definition) is 2. The molecule has 0 aliphatic heterocycles. The van der Waals surface area contributed by atoms with Crippen molar-refractivity contribution in [1.29, 1.82) is 0 Å². The quantitative estimate of drug-likeness (QED) is 0.577. The third kappa shape index (κ3) is 4.98. The molecule has 0 spiro atoms. The maximum absolute atomic E-state index is 6.35. The molecule has 3 N–H and O–H groups in total. The van der Waals surface area contributed by atoms with Crippen LogP contribution in [0.2, 0.25) is 5.02 Å². The highest BCUT2D eigenvalue weighted by Crippen LogP contribution is 2.25. The third-order valence-electron chi connectivity index (χ3n) is 3.51. The number of allylic oxidation sites excluding steroid dienone is 2. The van der Waals surface area contributed by atoms with E-state index >= 15 is 0 Å². The van der Waals surface area contributed by atoms with E-state index in [1.165, 1.54) is 0 Å². The number of anilines is 1. The highest BCUT2D eigenvalue weighted by molar-refractivity contribution is 6.33. The van der Waals surface area contributed by atoms with Crippen molar-refractivity contribution in [3.63, 3.8) is 0 Å². The van der Waals surface area contributed by atoms with E-state index in [1.54, 1.807) is 18.4 Å². The summed E-state index contributed by atoms with van der Waals surface area (Å²) in [6.07, 6.45) is 5.08. The van der Waals surface area contributed by atoms with Crippen LogP contribution in [0.5, 0.6) is 0 Å². The normalized spacial score (nSPS) is 13.0. The summed E-state index contributed by atoms with van der Waals surface area (Å²) < 4.78 is 0. The van der Waals surface area contributed by atoms with Crippen LogP contribution in [0.25, 0.3) is 5.70 Å². The molecule has 1 aromatic heterocycles. The lowest BCUT2D eigenvalue weighted by atomic mass is 10.1. The Hall–Kier alpha value is -2.50. The Morgan fingerprint density at radius 1 is 1.36 bits per heavy atom. The molecule has 2 aromatic rings. The van der Waals surface area contributed by atoms with E-state index in [4.69, 9.17) is 17.3 Å². The van der Waals surface area contributed by atoms with E-state index in [0.29, 0.717) is 34.6 Å². The molecule has 5 nitrogen and oxygen atoms in total. The second kappa shape index (κ2) is 9.11. The van der Waals surface area contributed by atoms with Gasteiger partial charge in [0.25, 0.3) is 0 Å². The lowest BCUT2D eigenvalue weighted by Crippen LogP contribution is -2.21. The number of halogens is 1. The average molecular weight is 356 g/mol. The minimum atomic E-state index is -0.173. The van der Waals surface area contributed by atoms with Crippen LogP contribution < -0.4 is 11.1 Å². The number of rotatable bonds is 7. The monoisotopic (exact) mass is 355 g/mol. The van der Waals surface area contributed by atoms with Crippen LogP contribution in [-0.2, 0) is 0 Å². The summed E-state index contributed by atoms with van der Waals surface area (Å²) in [6, 6.07) is 9.70. The fourth-order valence-electron chi connectivity index (χ4n) is 2.24. The predicted octanol–water partition coefficient (Wildman–Crippen LogP) is 4.17. The minimum absolute atomic E-state index is 0.173. The van der Waals surface area contributed by atoms with Gasteiger partial charge < -0.3 is 11.1 Å². The number of hydrogen-bond acceptors (Lipinski definition) is 5. The van der Waals surface area contributed by atoms with Gasteiger partial charge in [0.05, 0.1) is 5.69 Å². The molecular formula is C19H22ClN5. The Labute approximate surface area is 153 Å². The van der Waals surface area contributed by atoms with Gasteiger partial charge in [0.2, 0.25) is 0 Å². The van der Waals surface area contributed by atoms with Crippen molar-refractivity contribution in [2.24, 2.45) is 10.7 Å². The number of nitrogens with one attached hydrogen (secondary N) is 1. The number of nitrogens with two attached hydrogens (primary N) is 1. The Morgan fingerprint density at radius 3 is 2.72 bits per heavy atom. The zero-order valence-corrected chi connectivity index (χ0v) is 15.2. The third-order valence-corrected chi connectivity index (χ3v) is 3.96. The van der Waals surface area contributed by atoms with Gasteiger partial charge >= 0.3 is 0 Å². The van der Waals surface area contributed by atoms with Gasteiger partial charge in [-0.2, -0.15) is 0 Å². The summed E-state index contributed by atoms with van der Waals surface area (Å²) in [5.74, 6) is 1.02. The van der Waals surface area contributed by atoms with Gasteiger partial charge in [-0.25, -0.2) is 9.97 Å². The SMILES string of the molecule is C=C/C=C(\N=CC)c1nc(C)c(Cl)c(NCC(N)c2ccccc2)n1. The van der Waals surface area contributed by atoms with Gasteiger partial charge in [-0.1, -0.05) is 54.6 Å².